The molecule has 0 saturated heterocycles. The van der Waals surface area contributed by atoms with Gasteiger partial charge in [-0.25, -0.2) is 4.98 Å². The number of nitrogen functional groups attached to an aromatic ring is 1. The molecule has 2 aromatic heterocycles. The number of H-pyrrole nitrogens is 1. The maximum Gasteiger partial charge on any atom is 0.126 e. The number of nitrogens with two attached hydrogens (primary N) is 1. The fourth-order valence-electron chi connectivity index (χ4n) is 3.43. The molecule has 2 atom stereocenters. The van der Waals surface area contributed by atoms with Gasteiger partial charge >= 0.3 is 0 Å². The second-order valence-corrected chi connectivity index (χ2v) is 6.40. The van der Waals surface area contributed by atoms with Crippen LogP contribution >= 0.6 is 0 Å². The highest BCUT2D eigenvalue weighted by molar-refractivity contribution is 5.95. The number of benzene rings is 1. The van der Waals surface area contributed by atoms with Crippen LogP contribution in [0.1, 0.15) is 25.7 Å². The standard InChI is InChI=1S/C18H21N5O/c19-18-10-16(21-14-3-1-2-4-17(14)24)12-6-5-11(9-15(12)22-18)13-7-8-20-23-13/h5-10,14,17,24H,1-4H2,(H,20,23)(H3,19,21,22)/t14-,17-/m1/s1. The van der Waals surface area contributed by atoms with E-state index in [9.17, 15) is 5.11 Å². The van der Waals surface area contributed by atoms with Crippen LogP contribution < -0.4 is 11.1 Å². The summed E-state index contributed by atoms with van der Waals surface area (Å²) in [6, 6.07) is 9.91. The quantitative estimate of drug-likeness (QED) is 0.594. The molecule has 2 heterocycles. The number of rotatable bonds is 3. The van der Waals surface area contributed by atoms with E-state index in [-0.39, 0.29) is 12.1 Å². The molecule has 0 bridgehead atoms. The minimum Gasteiger partial charge on any atom is -0.391 e. The third-order valence-electron chi connectivity index (χ3n) is 4.71. The highest BCUT2D eigenvalue weighted by atomic mass is 16.3. The average molecular weight is 323 g/mol. The lowest BCUT2D eigenvalue weighted by Crippen LogP contribution is -2.36. The Hall–Kier alpha value is -2.60. The number of nitrogens with zero attached hydrogens (tertiary/aromatic N) is 2. The summed E-state index contributed by atoms with van der Waals surface area (Å²) in [7, 11) is 0. The number of hydrogen-bond donors (Lipinski definition) is 4. The zero-order chi connectivity index (χ0) is 16.5. The summed E-state index contributed by atoms with van der Waals surface area (Å²) in [5, 5.41) is 21.7. The van der Waals surface area contributed by atoms with Gasteiger partial charge in [0.05, 0.1) is 23.4 Å². The second kappa shape index (κ2) is 6.13. The molecule has 6 heteroatoms. The molecule has 1 aromatic carbocycles. The summed E-state index contributed by atoms with van der Waals surface area (Å²) < 4.78 is 0. The minimum atomic E-state index is -0.313. The molecule has 4 rings (SSSR count). The first-order valence-corrected chi connectivity index (χ1v) is 8.35. The molecule has 1 saturated carbocycles. The monoisotopic (exact) mass is 323 g/mol. The van der Waals surface area contributed by atoms with Crippen LogP contribution in [0.25, 0.3) is 22.2 Å². The van der Waals surface area contributed by atoms with Crippen LogP contribution in [-0.2, 0) is 0 Å². The Bertz CT molecular complexity index is 846. The minimum absolute atomic E-state index is 0.0658. The molecule has 1 aliphatic rings. The Kier molecular flexibility index (Phi) is 3.82. The first kappa shape index (κ1) is 15.0. The van der Waals surface area contributed by atoms with Crippen LogP contribution in [0.3, 0.4) is 0 Å². The fraction of sp³-hybridized carbons (Fsp3) is 0.333. The number of hydrogen-bond acceptors (Lipinski definition) is 5. The largest absolute Gasteiger partial charge is 0.391 e. The summed E-state index contributed by atoms with van der Waals surface area (Å²) in [6.07, 6.45) is 5.46. The van der Waals surface area contributed by atoms with Crippen molar-refractivity contribution in [2.75, 3.05) is 11.1 Å². The molecule has 0 amide bonds. The number of aliphatic hydroxyl groups is 1. The van der Waals surface area contributed by atoms with Crippen molar-refractivity contribution in [2.24, 2.45) is 0 Å². The van der Waals surface area contributed by atoms with Gasteiger partial charge in [-0.15, -0.1) is 0 Å². The molecular weight excluding hydrogens is 302 g/mol. The molecule has 124 valence electrons. The van der Waals surface area contributed by atoms with Crippen LogP contribution in [0.5, 0.6) is 0 Å². The van der Waals surface area contributed by atoms with E-state index in [1.165, 1.54) is 0 Å². The number of fused-ring (bicyclic) bond motifs is 1. The molecule has 5 N–H and O–H groups in total. The number of aromatic amines is 1. The lowest BCUT2D eigenvalue weighted by Gasteiger charge is -2.29. The maximum atomic E-state index is 10.2. The summed E-state index contributed by atoms with van der Waals surface area (Å²) in [4.78, 5) is 4.46. The third-order valence-corrected chi connectivity index (χ3v) is 4.71. The topological polar surface area (TPSA) is 99.9 Å². The Morgan fingerprint density at radius 3 is 2.83 bits per heavy atom. The van der Waals surface area contributed by atoms with E-state index in [1.807, 2.05) is 30.3 Å². The molecule has 6 nitrogen and oxygen atoms in total. The molecule has 0 aliphatic heterocycles. The smallest absolute Gasteiger partial charge is 0.126 e. The van der Waals surface area contributed by atoms with Crippen LogP contribution in [0, 0.1) is 0 Å². The van der Waals surface area contributed by atoms with Crippen LogP contribution in [0.2, 0.25) is 0 Å². The van der Waals surface area contributed by atoms with Crippen molar-refractivity contribution in [3.05, 3.63) is 36.5 Å². The number of anilines is 2. The number of nitrogens with one attached hydrogen (secondary N) is 2. The van der Waals surface area contributed by atoms with Crippen LogP contribution in [-0.4, -0.2) is 32.4 Å². The highest BCUT2D eigenvalue weighted by Crippen LogP contribution is 2.30. The van der Waals surface area contributed by atoms with Crippen LogP contribution in [0.15, 0.2) is 36.5 Å². The Labute approximate surface area is 140 Å². The Morgan fingerprint density at radius 2 is 2.04 bits per heavy atom. The van der Waals surface area contributed by atoms with Crippen molar-refractivity contribution < 1.29 is 5.11 Å². The summed E-state index contributed by atoms with van der Waals surface area (Å²) in [5.41, 5.74) is 9.72. The van der Waals surface area contributed by atoms with E-state index in [0.717, 1.165) is 53.5 Å². The molecule has 0 radical (unpaired) electrons. The molecule has 0 spiro atoms. The van der Waals surface area contributed by atoms with Gasteiger partial charge in [-0.3, -0.25) is 5.10 Å². The van der Waals surface area contributed by atoms with Gasteiger partial charge in [0.25, 0.3) is 0 Å². The van der Waals surface area contributed by atoms with Crippen molar-refractivity contribution in [3.8, 4) is 11.3 Å². The summed E-state index contributed by atoms with van der Waals surface area (Å²) >= 11 is 0. The van der Waals surface area contributed by atoms with Crippen molar-refractivity contribution in [2.45, 2.75) is 37.8 Å². The summed E-state index contributed by atoms with van der Waals surface area (Å²) in [6.45, 7) is 0. The van der Waals surface area contributed by atoms with Gasteiger partial charge in [0.2, 0.25) is 0 Å². The normalized spacial score (nSPS) is 21.0. The molecule has 1 aliphatic carbocycles. The van der Waals surface area contributed by atoms with Crippen molar-refractivity contribution >= 4 is 22.4 Å². The lowest BCUT2D eigenvalue weighted by molar-refractivity contribution is 0.116. The Morgan fingerprint density at radius 1 is 1.17 bits per heavy atom. The van der Waals surface area contributed by atoms with Gasteiger partial charge in [-0.1, -0.05) is 25.0 Å². The number of pyridine rings is 1. The van der Waals surface area contributed by atoms with Gasteiger partial charge in [-0.05, 0) is 25.0 Å². The van der Waals surface area contributed by atoms with Gasteiger partial charge in [0, 0.05) is 28.9 Å². The first-order chi connectivity index (χ1) is 11.7. The van der Waals surface area contributed by atoms with E-state index < -0.39 is 0 Å². The van der Waals surface area contributed by atoms with E-state index in [4.69, 9.17) is 5.73 Å². The fourth-order valence-corrected chi connectivity index (χ4v) is 3.43. The first-order valence-electron chi connectivity index (χ1n) is 8.35. The predicted octanol–water partition coefficient (Wildman–Crippen LogP) is 2.92. The zero-order valence-electron chi connectivity index (χ0n) is 13.4. The van der Waals surface area contributed by atoms with E-state index in [0.29, 0.717) is 5.82 Å². The van der Waals surface area contributed by atoms with E-state index >= 15 is 0 Å². The summed E-state index contributed by atoms with van der Waals surface area (Å²) in [5.74, 6) is 0.469. The van der Waals surface area contributed by atoms with E-state index in [2.05, 4.69) is 20.5 Å². The zero-order valence-corrected chi connectivity index (χ0v) is 13.4. The SMILES string of the molecule is Nc1cc(N[C@@H]2CCCC[C@H]2O)c2ccc(-c3ccn[nH]3)cc2n1. The molecular formula is C18H21N5O. The highest BCUT2D eigenvalue weighted by Gasteiger charge is 2.23. The van der Waals surface area contributed by atoms with Crippen molar-refractivity contribution in [1.29, 1.82) is 0 Å². The molecule has 0 unspecified atom stereocenters. The molecule has 24 heavy (non-hydrogen) atoms. The number of aliphatic hydroxyl groups excluding tert-OH is 1. The van der Waals surface area contributed by atoms with Gasteiger partial charge in [-0.2, -0.15) is 5.10 Å². The van der Waals surface area contributed by atoms with Gasteiger partial charge < -0.3 is 16.2 Å². The molecule has 3 aromatic rings. The van der Waals surface area contributed by atoms with Gasteiger partial charge in [0.15, 0.2) is 0 Å². The maximum absolute atomic E-state index is 10.2. The van der Waals surface area contributed by atoms with Crippen molar-refractivity contribution in [1.82, 2.24) is 15.2 Å². The third kappa shape index (κ3) is 2.80. The predicted molar refractivity (Wildman–Crippen MR) is 95.6 cm³/mol. The number of aromatic nitrogens is 3. The lowest BCUT2D eigenvalue weighted by atomic mass is 9.92. The molecule has 1 fully saturated rings. The van der Waals surface area contributed by atoms with Gasteiger partial charge in [0.1, 0.15) is 5.82 Å². The van der Waals surface area contributed by atoms with Crippen LogP contribution in [0.4, 0.5) is 11.5 Å². The van der Waals surface area contributed by atoms with Crippen molar-refractivity contribution in [3.63, 3.8) is 0 Å². The Balaban J connectivity index is 1.72. The van der Waals surface area contributed by atoms with E-state index in [1.54, 1.807) is 6.20 Å². The second-order valence-electron chi connectivity index (χ2n) is 6.40. The average Bonchev–Trinajstić information content (AvgIpc) is 3.11.